The van der Waals surface area contributed by atoms with E-state index in [-0.39, 0.29) is 11.8 Å². The number of benzene rings is 1. The minimum absolute atomic E-state index is 0.0614. The highest BCUT2D eigenvalue weighted by atomic mass is 16.2. The number of para-hydroxylation sites is 1. The van der Waals surface area contributed by atoms with E-state index in [9.17, 15) is 9.59 Å². The van der Waals surface area contributed by atoms with Gasteiger partial charge in [0.25, 0.3) is 0 Å². The number of anilines is 1. The first-order valence-corrected chi connectivity index (χ1v) is 5.61. The van der Waals surface area contributed by atoms with E-state index < -0.39 is 5.41 Å². The van der Waals surface area contributed by atoms with E-state index in [2.05, 4.69) is 0 Å². The van der Waals surface area contributed by atoms with Crippen LogP contribution in [0.2, 0.25) is 0 Å². The fourth-order valence-corrected chi connectivity index (χ4v) is 2.23. The van der Waals surface area contributed by atoms with Crippen LogP contribution in [0, 0.1) is 5.41 Å². The second-order valence-corrected chi connectivity index (χ2v) is 4.07. The van der Waals surface area contributed by atoms with Crippen molar-refractivity contribution in [3.05, 3.63) is 30.3 Å². The number of amides is 2. The zero-order valence-electron chi connectivity index (χ0n) is 9.56. The Kier molecular flexibility index (Phi) is 2.54. The summed E-state index contributed by atoms with van der Waals surface area (Å²) in [5.41, 5.74) is -0.0782. The van der Waals surface area contributed by atoms with Crippen molar-refractivity contribution in [2.45, 2.75) is 26.7 Å². The highest BCUT2D eigenvalue weighted by Gasteiger charge is 2.58. The summed E-state index contributed by atoms with van der Waals surface area (Å²) in [6.07, 6.45) is 1.18. The average Bonchev–Trinajstić information content (AvgIpc) is 2.33. The first-order valence-electron chi connectivity index (χ1n) is 5.61. The summed E-state index contributed by atoms with van der Waals surface area (Å²) in [5, 5.41) is 0. The Hall–Kier alpha value is -1.64. The van der Waals surface area contributed by atoms with E-state index in [1.807, 2.05) is 32.0 Å². The first kappa shape index (κ1) is 10.9. The van der Waals surface area contributed by atoms with E-state index in [1.165, 1.54) is 4.90 Å². The van der Waals surface area contributed by atoms with Gasteiger partial charge in [0.15, 0.2) is 0 Å². The summed E-state index contributed by atoms with van der Waals surface area (Å²) in [6.45, 7) is 3.78. The Morgan fingerprint density at radius 3 is 1.94 bits per heavy atom. The molecule has 0 spiro atoms. The molecule has 2 amide bonds. The van der Waals surface area contributed by atoms with Gasteiger partial charge < -0.3 is 0 Å². The van der Waals surface area contributed by atoms with E-state index >= 15 is 0 Å². The lowest BCUT2D eigenvalue weighted by Crippen LogP contribution is -2.66. The van der Waals surface area contributed by atoms with Crippen LogP contribution in [0.5, 0.6) is 0 Å². The molecule has 1 fully saturated rings. The average molecular weight is 217 g/mol. The van der Waals surface area contributed by atoms with Gasteiger partial charge in [0, 0.05) is 0 Å². The maximum absolute atomic E-state index is 12.1. The van der Waals surface area contributed by atoms with Gasteiger partial charge >= 0.3 is 0 Å². The van der Waals surface area contributed by atoms with Crippen LogP contribution in [-0.2, 0) is 9.59 Å². The lowest BCUT2D eigenvalue weighted by atomic mass is 9.73. The zero-order valence-corrected chi connectivity index (χ0v) is 9.56. The summed E-state index contributed by atoms with van der Waals surface area (Å²) >= 11 is 0. The Morgan fingerprint density at radius 1 is 1.00 bits per heavy atom. The van der Waals surface area contributed by atoms with Crippen LogP contribution in [0.4, 0.5) is 5.69 Å². The van der Waals surface area contributed by atoms with Gasteiger partial charge in [-0.15, -0.1) is 0 Å². The number of hydrogen-bond acceptors (Lipinski definition) is 2. The Morgan fingerprint density at radius 2 is 1.50 bits per heavy atom. The van der Waals surface area contributed by atoms with E-state index in [0.717, 1.165) is 0 Å². The van der Waals surface area contributed by atoms with Crippen molar-refractivity contribution >= 4 is 17.5 Å². The molecule has 0 radical (unpaired) electrons. The fraction of sp³-hybridized carbons (Fsp3) is 0.385. The van der Waals surface area contributed by atoms with Gasteiger partial charge in [-0.25, -0.2) is 4.90 Å². The molecule has 0 atom stereocenters. The SMILES string of the molecule is CCC1(CC)C(=O)N(c2ccccc2)C1=O. The Labute approximate surface area is 95.1 Å². The molecule has 0 bridgehead atoms. The zero-order chi connectivity index (χ0) is 11.8. The van der Waals surface area contributed by atoms with E-state index in [4.69, 9.17) is 0 Å². The molecule has 3 heteroatoms. The van der Waals surface area contributed by atoms with E-state index in [1.54, 1.807) is 12.1 Å². The molecule has 0 aromatic heterocycles. The molecule has 0 saturated carbocycles. The molecule has 3 nitrogen and oxygen atoms in total. The van der Waals surface area contributed by atoms with Gasteiger partial charge in [-0.3, -0.25) is 9.59 Å². The van der Waals surface area contributed by atoms with Crippen LogP contribution in [0.25, 0.3) is 0 Å². The molecular weight excluding hydrogens is 202 g/mol. The molecule has 1 aromatic carbocycles. The summed E-state index contributed by atoms with van der Waals surface area (Å²) in [7, 11) is 0. The van der Waals surface area contributed by atoms with Crippen molar-refractivity contribution in [3.63, 3.8) is 0 Å². The minimum Gasteiger partial charge on any atom is -0.273 e. The van der Waals surface area contributed by atoms with Crippen molar-refractivity contribution in [1.29, 1.82) is 0 Å². The maximum Gasteiger partial charge on any atom is 0.249 e. The number of carbonyl (C=O) groups is 2. The molecule has 16 heavy (non-hydrogen) atoms. The molecule has 1 saturated heterocycles. The van der Waals surface area contributed by atoms with Gasteiger partial charge in [-0.05, 0) is 25.0 Å². The van der Waals surface area contributed by atoms with Crippen molar-refractivity contribution in [1.82, 2.24) is 0 Å². The smallest absolute Gasteiger partial charge is 0.249 e. The third-order valence-corrected chi connectivity index (χ3v) is 3.45. The molecular formula is C13H15NO2. The summed E-state index contributed by atoms with van der Waals surface area (Å²) in [5.74, 6) is -0.123. The summed E-state index contributed by atoms with van der Waals surface area (Å²) in [4.78, 5) is 25.4. The molecule has 1 aromatic rings. The topological polar surface area (TPSA) is 37.4 Å². The van der Waals surface area contributed by atoms with Crippen LogP contribution in [0.3, 0.4) is 0 Å². The van der Waals surface area contributed by atoms with Crippen molar-refractivity contribution < 1.29 is 9.59 Å². The normalized spacial score (nSPS) is 18.5. The number of β-lactam (4-membered cyclic amide) rings is 2. The number of rotatable bonds is 3. The number of carbonyl (C=O) groups excluding carboxylic acids is 2. The molecule has 1 heterocycles. The standard InChI is InChI=1S/C13H15NO2/c1-3-13(4-2)11(15)14(12(13)16)10-8-6-5-7-9-10/h5-9H,3-4H2,1-2H3. The van der Waals surface area contributed by atoms with Crippen molar-refractivity contribution in [2.24, 2.45) is 5.41 Å². The lowest BCUT2D eigenvalue weighted by molar-refractivity contribution is -0.153. The molecule has 2 rings (SSSR count). The maximum atomic E-state index is 12.1. The van der Waals surface area contributed by atoms with Crippen LogP contribution in [0.15, 0.2) is 30.3 Å². The monoisotopic (exact) mass is 217 g/mol. The fourth-order valence-electron chi connectivity index (χ4n) is 2.23. The van der Waals surface area contributed by atoms with Gasteiger partial charge in [-0.2, -0.15) is 0 Å². The summed E-state index contributed by atoms with van der Waals surface area (Å²) in [6, 6.07) is 9.09. The molecule has 1 aliphatic heterocycles. The van der Waals surface area contributed by atoms with Gasteiger partial charge in [0.2, 0.25) is 11.8 Å². The molecule has 0 unspecified atom stereocenters. The van der Waals surface area contributed by atoms with Gasteiger partial charge in [-0.1, -0.05) is 32.0 Å². The molecule has 84 valence electrons. The predicted octanol–water partition coefficient (Wildman–Crippen LogP) is 2.37. The van der Waals surface area contributed by atoms with Crippen molar-refractivity contribution in [3.8, 4) is 0 Å². The second kappa shape index (κ2) is 3.74. The predicted molar refractivity (Wildman–Crippen MR) is 62.0 cm³/mol. The van der Waals surface area contributed by atoms with Crippen LogP contribution >= 0.6 is 0 Å². The number of nitrogens with zero attached hydrogens (tertiary/aromatic N) is 1. The molecule has 1 aliphatic rings. The molecule has 0 aliphatic carbocycles. The Balaban J connectivity index is 2.31. The largest absolute Gasteiger partial charge is 0.273 e. The number of imide groups is 1. The minimum atomic E-state index is -0.754. The second-order valence-electron chi connectivity index (χ2n) is 4.07. The third-order valence-electron chi connectivity index (χ3n) is 3.45. The van der Waals surface area contributed by atoms with Crippen LogP contribution < -0.4 is 4.90 Å². The third kappa shape index (κ3) is 1.21. The van der Waals surface area contributed by atoms with Gasteiger partial charge in [0.1, 0.15) is 5.41 Å². The summed E-state index contributed by atoms with van der Waals surface area (Å²) < 4.78 is 0. The first-order chi connectivity index (χ1) is 7.67. The number of hydrogen-bond donors (Lipinski definition) is 0. The van der Waals surface area contributed by atoms with Crippen LogP contribution in [0.1, 0.15) is 26.7 Å². The quantitative estimate of drug-likeness (QED) is 0.575. The van der Waals surface area contributed by atoms with Crippen LogP contribution in [-0.4, -0.2) is 11.8 Å². The Bertz CT molecular complexity index is 403. The highest BCUT2D eigenvalue weighted by Crippen LogP contribution is 2.42. The van der Waals surface area contributed by atoms with Gasteiger partial charge in [0.05, 0.1) is 5.69 Å². The van der Waals surface area contributed by atoms with Crippen molar-refractivity contribution in [2.75, 3.05) is 4.90 Å². The lowest BCUT2D eigenvalue weighted by Gasteiger charge is -2.45. The molecule has 0 N–H and O–H groups in total. The van der Waals surface area contributed by atoms with E-state index in [0.29, 0.717) is 18.5 Å². The highest BCUT2D eigenvalue weighted by molar-refractivity contribution is 6.36.